The summed E-state index contributed by atoms with van der Waals surface area (Å²) in [5.74, 6) is -0.700. The van der Waals surface area contributed by atoms with Crippen LogP contribution in [0.2, 0.25) is 10.0 Å². The number of hydrogen-bond donors (Lipinski definition) is 2. The molecule has 1 aromatic heterocycles. The highest BCUT2D eigenvalue weighted by Gasteiger charge is 2.40. The van der Waals surface area contributed by atoms with E-state index in [-0.39, 0.29) is 12.3 Å². The van der Waals surface area contributed by atoms with Gasteiger partial charge in [0.15, 0.2) is 0 Å². The Balaban J connectivity index is 1.85. The molecule has 0 aliphatic heterocycles. The van der Waals surface area contributed by atoms with Crippen molar-refractivity contribution in [2.45, 2.75) is 51.5 Å². The van der Waals surface area contributed by atoms with Crippen LogP contribution in [-0.4, -0.2) is 27.1 Å². The minimum Gasteiger partial charge on any atom is -0.368 e. The largest absolute Gasteiger partial charge is 0.368 e. The molecule has 1 aliphatic rings. The SMILES string of the molecule is Cc1nn(-c2ccc(Cl)cc2Cl)c(C)c1CC(=O)NC1(C(N)=O)CCCC1. The number of aryl methyl sites for hydroxylation is 1. The van der Waals surface area contributed by atoms with Crippen LogP contribution in [0.15, 0.2) is 18.2 Å². The van der Waals surface area contributed by atoms with Crippen LogP contribution in [0.5, 0.6) is 0 Å². The summed E-state index contributed by atoms with van der Waals surface area (Å²) >= 11 is 12.3. The molecule has 8 heteroatoms. The highest BCUT2D eigenvalue weighted by Crippen LogP contribution is 2.30. The van der Waals surface area contributed by atoms with Crippen molar-refractivity contribution in [2.75, 3.05) is 0 Å². The van der Waals surface area contributed by atoms with Gasteiger partial charge < -0.3 is 11.1 Å². The molecule has 0 bridgehead atoms. The van der Waals surface area contributed by atoms with Crippen LogP contribution < -0.4 is 11.1 Å². The molecule has 0 radical (unpaired) electrons. The third-order valence-corrected chi connectivity index (χ3v) is 5.76. The van der Waals surface area contributed by atoms with Crippen molar-refractivity contribution in [1.29, 1.82) is 0 Å². The van der Waals surface area contributed by atoms with E-state index in [9.17, 15) is 9.59 Å². The minimum absolute atomic E-state index is 0.123. The molecule has 1 heterocycles. The topological polar surface area (TPSA) is 90.0 Å². The van der Waals surface area contributed by atoms with Crippen LogP contribution in [0.25, 0.3) is 5.69 Å². The molecular formula is C19H22Cl2N4O2. The highest BCUT2D eigenvalue weighted by atomic mass is 35.5. The van der Waals surface area contributed by atoms with Crippen molar-refractivity contribution in [2.24, 2.45) is 5.73 Å². The lowest BCUT2D eigenvalue weighted by Gasteiger charge is -2.26. The van der Waals surface area contributed by atoms with Crippen molar-refractivity contribution < 1.29 is 9.59 Å². The number of nitrogens with one attached hydrogen (secondary N) is 1. The Morgan fingerprint density at radius 1 is 1.26 bits per heavy atom. The lowest BCUT2D eigenvalue weighted by atomic mass is 9.96. The quantitative estimate of drug-likeness (QED) is 0.795. The minimum atomic E-state index is -0.922. The van der Waals surface area contributed by atoms with Crippen LogP contribution in [0, 0.1) is 13.8 Å². The van der Waals surface area contributed by atoms with Crippen molar-refractivity contribution >= 4 is 35.0 Å². The van der Waals surface area contributed by atoms with Crippen LogP contribution in [0.1, 0.15) is 42.6 Å². The molecule has 2 aromatic rings. The van der Waals surface area contributed by atoms with Gasteiger partial charge in [0.1, 0.15) is 5.54 Å². The summed E-state index contributed by atoms with van der Waals surface area (Å²) in [7, 11) is 0. The number of rotatable bonds is 5. The van der Waals surface area contributed by atoms with Crippen molar-refractivity contribution in [3.63, 3.8) is 0 Å². The lowest BCUT2D eigenvalue weighted by Crippen LogP contribution is -2.56. The highest BCUT2D eigenvalue weighted by molar-refractivity contribution is 6.35. The molecular weight excluding hydrogens is 387 g/mol. The summed E-state index contributed by atoms with van der Waals surface area (Å²) in [5, 5.41) is 8.41. The first-order valence-electron chi connectivity index (χ1n) is 8.85. The average molecular weight is 409 g/mol. The molecule has 0 saturated heterocycles. The molecule has 2 amide bonds. The van der Waals surface area contributed by atoms with Gasteiger partial charge in [-0.05, 0) is 44.9 Å². The predicted octanol–water partition coefficient (Wildman–Crippen LogP) is 3.25. The molecule has 3 N–H and O–H groups in total. The zero-order chi connectivity index (χ0) is 19.8. The number of amides is 2. The Morgan fingerprint density at radius 2 is 1.93 bits per heavy atom. The number of nitrogens with two attached hydrogens (primary N) is 1. The summed E-state index contributed by atoms with van der Waals surface area (Å²) in [4.78, 5) is 24.5. The molecule has 0 atom stereocenters. The maximum absolute atomic E-state index is 12.6. The second-order valence-corrected chi connectivity index (χ2v) is 7.88. The second kappa shape index (κ2) is 7.52. The zero-order valence-corrected chi connectivity index (χ0v) is 16.8. The number of aromatic nitrogens is 2. The van der Waals surface area contributed by atoms with Crippen LogP contribution in [-0.2, 0) is 16.0 Å². The molecule has 0 spiro atoms. The van der Waals surface area contributed by atoms with Gasteiger partial charge in [-0.1, -0.05) is 36.0 Å². The third kappa shape index (κ3) is 3.82. The first kappa shape index (κ1) is 19.7. The van der Waals surface area contributed by atoms with Gasteiger partial charge in [-0.25, -0.2) is 4.68 Å². The van der Waals surface area contributed by atoms with E-state index in [1.54, 1.807) is 22.9 Å². The van der Waals surface area contributed by atoms with Crippen molar-refractivity contribution in [3.05, 3.63) is 45.2 Å². The Morgan fingerprint density at radius 3 is 2.52 bits per heavy atom. The fraction of sp³-hybridized carbons (Fsp3) is 0.421. The van der Waals surface area contributed by atoms with E-state index in [1.165, 1.54) is 0 Å². The summed E-state index contributed by atoms with van der Waals surface area (Å²) in [6.45, 7) is 3.72. The Hall–Kier alpha value is -2.05. The second-order valence-electron chi connectivity index (χ2n) is 7.04. The van der Waals surface area contributed by atoms with Gasteiger partial charge in [-0.2, -0.15) is 5.10 Å². The Bertz CT molecular complexity index is 901. The standard InChI is InChI=1S/C19H22Cl2N4O2/c1-11-14(10-17(26)23-19(18(22)27)7-3-4-8-19)12(2)25(24-11)16-6-5-13(20)9-15(16)21/h5-6,9H,3-4,7-8,10H2,1-2H3,(H2,22,27)(H,23,26). The monoisotopic (exact) mass is 408 g/mol. The number of primary amides is 1. The normalized spacial score (nSPS) is 15.7. The van der Waals surface area contributed by atoms with E-state index >= 15 is 0 Å². The first-order chi connectivity index (χ1) is 12.7. The first-order valence-corrected chi connectivity index (χ1v) is 9.60. The van der Waals surface area contributed by atoms with E-state index in [0.717, 1.165) is 29.8 Å². The van der Waals surface area contributed by atoms with Crippen LogP contribution in [0.4, 0.5) is 0 Å². The molecule has 1 saturated carbocycles. The van der Waals surface area contributed by atoms with Gasteiger partial charge in [0.25, 0.3) is 0 Å². The number of benzene rings is 1. The third-order valence-electron chi connectivity index (χ3n) is 5.22. The van der Waals surface area contributed by atoms with E-state index < -0.39 is 11.4 Å². The van der Waals surface area contributed by atoms with Gasteiger partial charge in [0.05, 0.1) is 22.8 Å². The fourth-order valence-corrected chi connectivity index (χ4v) is 4.19. The van der Waals surface area contributed by atoms with Crippen molar-refractivity contribution in [1.82, 2.24) is 15.1 Å². The number of carbonyl (C=O) groups is 2. The van der Waals surface area contributed by atoms with E-state index in [1.807, 2.05) is 13.8 Å². The Kier molecular flexibility index (Phi) is 5.49. The van der Waals surface area contributed by atoms with Gasteiger partial charge in [0, 0.05) is 16.3 Å². The predicted molar refractivity (Wildman–Crippen MR) is 105 cm³/mol. The van der Waals surface area contributed by atoms with Crippen LogP contribution >= 0.6 is 23.2 Å². The average Bonchev–Trinajstić information content (AvgIpc) is 3.16. The summed E-state index contributed by atoms with van der Waals surface area (Å²) in [5.41, 5.74) is 7.66. The number of carbonyl (C=O) groups excluding carboxylic acids is 2. The Labute approximate surface area is 168 Å². The maximum atomic E-state index is 12.6. The van der Waals surface area contributed by atoms with E-state index in [2.05, 4.69) is 10.4 Å². The molecule has 3 rings (SSSR count). The summed E-state index contributed by atoms with van der Waals surface area (Å²) in [6, 6.07) is 5.18. The van der Waals surface area contributed by atoms with Gasteiger partial charge in [0.2, 0.25) is 11.8 Å². The van der Waals surface area contributed by atoms with E-state index in [4.69, 9.17) is 28.9 Å². The number of hydrogen-bond acceptors (Lipinski definition) is 3. The molecule has 1 aromatic carbocycles. The fourth-order valence-electron chi connectivity index (χ4n) is 3.70. The van der Waals surface area contributed by atoms with Crippen molar-refractivity contribution in [3.8, 4) is 5.69 Å². The lowest BCUT2D eigenvalue weighted by molar-refractivity contribution is -0.131. The molecule has 1 fully saturated rings. The van der Waals surface area contributed by atoms with Gasteiger partial charge >= 0.3 is 0 Å². The van der Waals surface area contributed by atoms with Crippen LogP contribution in [0.3, 0.4) is 0 Å². The summed E-state index contributed by atoms with van der Waals surface area (Å²) < 4.78 is 1.70. The summed E-state index contributed by atoms with van der Waals surface area (Å²) in [6.07, 6.45) is 3.07. The maximum Gasteiger partial charge on any atom is 0.243 e. The van der Waals surface area contributed by atoms with Gasteiger partial charge in [-0.15, -0.1) is 0 Å². The zero-order valence-electron chi connectivity index (χ0n) is 15.3. The molecule has 144 valence electrons. The van der Waals surface area contributed by atoms with E-state index in [0.29, 0.717) is 28.6 Å². The molecule has 27 heavy (non-hydrogen) atoms. The molecule has 1 aliphatic carbocycles. The smallest absolute Gasteiger partial charge is 0.243 e. The molecule has 0 unspecified atom stereocenters. The number of halogens is 2. The molecule has 6 nitrogen and oxygen atoms in total. The van der Waals surface area contributed by atoms with Gasteiger partial charge in [-0.3, -0.25) is 9.59 Å². The number of nitrogens with zero attached hydrogens (tertiary/aromatic N) is 2.